The molecular weight excluding hydrogens is 160 g/mol. The highest BCUT2D eigenvalue weighted by atomic mass is 15.2. The second-order valence-electron chi connectivity index (χ2n) is 4.65. The molecule has 2 nitrogen and oxygen atoms in total. The average Bonchev–Trinajstić information content (AvgIpc) is 2.64. The van der Waals surface area contributed by atoms with Crippen LogP contribution in [0.5, 0.6) is 0 Å². The number of nitrogens with zero attached hydrogens (tertiary/aromatic N) is 1. The lowest BCUT2D eigenvalue weighted by atomic mass is 10.0. The maximum atomic E-state index is 3.49. The molecule has 13 heavy (non-hydrogen) atoms. The van der Waals surface area contributed by atoms with E-state index in [1.165, 1.54) is 52.0 Å². The van der Waals surface area contributed by atoms with E-state index in [1.54, 1.807) is 0 Å². The van der Waals surface area contributed by atoms with Crippen molar-refractivity contribution in [1.82, 2.24) is 10.2 Å². The predicted molar refractivity (Wildman–Crippen MR) is 55.8 cm³/mol. The summed E-state index contributed by atoms with van der Waals surface area (Å²) >= 11 is 0. The molecule has 76 valence electrons. The van der Waals surface area contributed by atoms with Gasteiger partial charge in [-0.2, -0.15) is 0 Å². The third kappa shape index (κ3) is 2.23. The van der Waals surface area contributed by atoms with E-state index in [0.717, 1.165) is 11.8 Å². The minimum atomic E-state index is 0.974. The average molecular weight is 182 g/mol. The van der Waals surface area contributed by atoms with E-state index in [-0.39, 0.29) is 0 Å². The molecule has 2 saturated heterocycles. The molecule has 0 aromatic rings. The van der Waals surface area contributed by atoms with Crippen LogP contribution in [0, 0.1) is 11.8 Å². The lowest BCUT2D eigenvalue weighted by molar-refractivity contribution is 0.305. The van der Waals surface area contributed by atoms with Crippen LogP contribution in [-0.2, 0) is 0 Å². The van der Waals surface area contributed by atoms with Crippen LogP contribution in [0.15, 0.2) is 0 Å². The molecule has 0 unspecified atom stereocenters. The van der Waals surface area contributed by atoms with Gasteiger partial charge in [0, 0.05) is 13.1 Å². The van der Waals surface area contributed by atoms with E-state index < -0.39 is 0 Å². The molecule has 1 N–H and O–H groups in total. The summed E-state index contributed by atoms with van der Waals surface area (Å²) in [6.07, 6.45) is 4.16. The molecule has 2 heterocycles. The van der Waals surface area contributed by atoms with Gasteiger partial charge in [0.15, 0.2) is 0 Å². The molecule has 2 atom stereocenters. The summed E-state index contributed by atoms with van der Waals surface area (Å²) in [5.74, 6) is 1.95. The maximum absolute atomic E-state index is 3.49. The van der Waals surface area contributed by atoms with Crippen molar-refractivity contribution >= 4 is 0 Å². The summed E-state index contributed by atoms with van der Waals surface area (Å²) in [5, 5.41) is 3.49. The Morgan fingerprint density at radius 3 is 2.46 bits per heavy atom. The largest absolute Gasteiger partial charge is 0.316 e. The summed E-state index contributed by atoms with van der Waals surface area (Å²) in [6.45, 7) is 8.90. The summed E-state index contributed by atoms with van der Waals surface area (Å²) < 4.78 is 0. The van der Waals surface area contributed by atoms with Gasteiger partial charge in [0.2, 0.25) is 0 Å². The van der Waals surface area contributed by atoms with E-state index in [2.05, 4.69) is 17.1 Å². The van der Waals surface area contributed by atoms with Crippen molar-refractivity contribution in [3.05, 3.63) is 0 Å². The molecule has 0 aromatic heterocycles. The van der Waals surface area contributed by atoms with Gasteiger partial charge in [-0.3, -0.25) is 0 Å². The van der Waals surface area contributed by atoms with Crippen molar-refractivity contribution in [3.63, 3.8) is 0 Å². The zero-order valence-electron chi connectivity index (χ0n) is 8.76. The fourth-order valence-corrected chi connectivity index (χ4v) is 2.72. The van der Waals surface area contributed by atoms with Crippen molar-refractivity contribution in [2.75, 3.05) is 32.7 Å². The monoisotopic (exact) mass is 182 g/mol. The number of fused-ring (bicyclic) bond motifs is 1. The first-order valence-corrected chi connectivity index (χ1v) is 5.83. The number of hydrogen-bond acceptors (Lipinski definition) is 2. The molecule has 0 saturated carbocycles. The number of hydrogen-bond donors (Lipinski definition) is 1. The van der Waals surface area contributed by atoms with Gasteiger partial charge in [-0.05, 0) is 37.9 Å². The van der Waals surface area contributed by atoms with Gasteiger partial charge in [-0.25, -0.2) is 0 Å². The third-order valence-corrected chi connectivity index (χ3v) is 3.54. The van der Waals surface area contributed by atoms with Gasteiger partial charge in [0.1, 0.15) is 0 Å². The second kappa shape index (κ2) is 4.43. The van der Waals surface area contributed by atoms with Crippen molar-refractivity contribution in [3.8, 4) is 0 Å². The highest BCUT2D eigenvalue weighted by Gasteiger charge is 2.35. The van der Waals surface area contributed by atoms with Crippen molar-refractivity contribution in [2.45, 2.75) is 26.2 Å². The van der Waals surface area contributed by atoms with Crippen LogP contribution < -0.4 is 5.32 Å². The molecule has 0 aliphatic carbocycles. The van der Waals surface area contributed by atoms with Crippen LogP contribution in [0.25, 0.3) is 0 Å². The van der Waals surface area contributed by atoms with Crippen LogP contribution in [0.2, 0.25) is 0 Å². The Morgan fingerprint density at radius 1 is 1.15 bits per heavy atom. The Hall–Kier alpha value is -0.0800. The molecule has 0 radical (unpaired) electrons. The van der Waals surface area contributed by atoms with E-state index in [9.17, 15) is 0 Å². The van der Waals surface area contributed by atoms with Crippen molar-refractivity contribution in [1.29, 1.82) is 0 Å². The molecule has 0 aromatic carbocycles. The van der Waals surface area contributed by atoms with Crippen LogP contribution in [-0.4, -0.2) is 37.6 Å². The summed E-state index contributed by atoms with van der Waals surface area (Å²) in [6, 6.07) is 0. The Kier molecular flexibility index (Phi) is 3.23. The van der Waals surface area contributed by atoms with Gasteiger partial charge in [-0.1, -0.05) is 19.8 Å². The van der Waals surface area contributed by atoms with Crippen LogP contribution >= 0.6 is 0 Å². The SMILES string of the molecule is CCCCCN1C[C@H]2CNC[C@H]2C1. The van der Waals surface area contributed by atoms with Crippen molar-refractivity contribution in [2.24, 2.45) is 11.8 Å². The molecule has 0 spiro atoms. The molecular formula is C11H22N2. The number of nitrogens with one attached hydrogen (secondary N) is 1. The smallest absolute Gasteiger partial charge is 0.00255 e. The highest BCUT2D eigenvalue weighted by Crippen LogP contribution is 2.26. The standard InChI is InChI=1S/C11H22N2/c1-2-3-4-5-13-8-10-6-12-7-11(10)9-13/h10-12H,2-9H2,1H3/t10-,11+. The first-order valence-electron chi connectivity index (χ1n) is 5.83. The Bertz CT molecular complexity index is 146. The lowest BCUT2D eigenvalue weighted by Crippen LogP contribution is -2.26. The molecule has 2 rings (SSSR count). The topological polar surface area (TPSA) is 15.3 Å². The fraction of sp³-hybridized carbons (Fsp3) is 1.00. The minimum Gasteiger partial charge on any atom is -0.316 e. The third-order valence-electron chi connectivity index (χ3n) is 3.54. The second-order valence-corrected chi connectivity index (χ2v) is 4.65. The zero-order chi connectivity index (χ0) is 9.10. The Morgan fingerprint density at radius 2 is 1.85 bits per heavy atom. The summed E-state index contributed by atoms with van der Waals surface area (Å²) in [7, 11) is 0. The van der Waals surface area contributed by atoms with Gasteiger partial charge in [0.25, 0.3) is 0 Å². The summed E-state index contributed by atoms with van der Waals surface area (Å²) in [4.78, 5) is 2.67. The zero-order valence-corrected chi connectivity index (χ0v) is 8.76. The van der Waals surface area contributed by atoms with Crippen LogP contribution in [0.1, 0.15) is 26.2 Å². The number of rotatable bonds is 4. The van der Waals surface area contributed by atoms with E-state index >= 15 is 0 Å². The highest BCUT2D eigenvalue weighted by molar-refractivity contribution is 4.90. The van der Waals surface area contributed by atoms with Gasteiger partial charge < -0.3 is 10.2 Å². The normalized spacial score (nSPS) is 33.9. The molecule has 2 aliphatic rings. The number of likely N-dealkylation sites (tertiary alicyclic amines) is 1. The molecule has 2 heteroatoms. The van der Waals surface area contributed by atoms with Gasteiger partial charge in [-0.15, -0.1) is 0 Å². The molecule has 2 aliphatic heterocycles. The quantitative estimate of drug-likeness (QED) is 0.660. The lowest BCUT2D eigenvalue weighted by Gasteiger charge is -2.16. The molecule has 0 bridgehead atoms. The van der Waals surface area contributed by atoms with Gasteiger partial charge in [0.05, 0.1) is 0 Å². The van der Waals surface area contributed by atoms with Gasteiger partial charge >= 0.3 is 0 Å². The fourth-order valence-electron chi connectivity index (χ4n) is 2.72. The Balaban J connectivity index is 1.67. The van der Waals surface area contributed by atoms with E-state index in [4.69, 9.17) is 0 Å². The summed E-state index contributed by atoms with van der Waals surface area (Å²) in [5.41, 5.74) is 0. The first-order chi connectivity index (χ1) is 6.40. The van der Waals surface area contributed by atoms with E-state index in [1.807, 2.05) is 0 Å². The number of unbranched alkanes of at least 4 members (excludes halogenated alkanes) is 2. The first kappa shape index (κ1) is 9.47. The Labute approximate surface area is 81.7 Å². The molecule has 2 fully saturated rings. The van der Waals surface area contributed by atoms with Crippen molar-refractivity contribution < 1.29 is 0 Å². The predicted octanol–water partition coefficient (Wildman–Crippen LogP) is 1.33. The molecule has 0 amide bonds. The maximum Gasteiger partial charge on any atom is 0.00255 e. The minimum absolute atomic E-state index is 0.974. The van der Waals surface area contributed by atoms with Crippen LogP contribution in [0.4, 0.5) is 0 Å². The van der Waals surface area contributed by atoms with E-state index in [0.29, 0.717) is 0 Å². The van der Waals surface area contributed by atoms with Crippen LogP contribution in [0.3, 0.4) is 0 Å².